The van der Waals surface area contributed by atoms with Crippen LogP contribution in [0.4, 0.5) is 0 Å². The molecular weight excluding hydrogens is 338 g/mol. The summed E-state index contributed by atoms with van der Waals surface area (Å²) in [6.45, 7) is -0.337. The molecule has 1 aromatic heterocycles. The van der Waals surface area contributed by atoms with Gasteiger partial charge in [-0.05, 0) is 16.7 Å². The molecule has 3 aromatic carbocycles. The van der Waals surface area contributed by atoms with E-state index in [1.54, 1.807) is 10.8 Å². The van der Waals surface area contributed by atoms with Gasteiger partial charge in [0.25, 0.3) is 0 Å². The minimum atomic E-state index is -0.919. The van der Waals surface area contributed by atoms with Crippen molar-refractivity contribution in [1.82, 2.24) is 4.57 Å². The highest BCUT2D eigenvalue weighted by molar-refractivity contribution is 5.50. The van der Waals surface area contributed by atoms with Gasteiger partial charge in [0.05, 0.1) is 6.20 Å². The fourth-order valence-electron chi connectivity index (χ4n) is 3.65. The predicted octanol–water partition coefficient (Wildman–Crippen LogP) is 3.77. The normalized spacial score (nSPS) is 11.4. The van der Waals surface area contributed by atoms with Gasteiger partial charge in [-0.25, -0.2) is 4.79 Å². The van der Waals surface area contributed by atoms with Crippen molar-refractivity contribution in [1.29, 1.82) is 0 Å². The molecule has 0 radical (unpaired) electrons. The Bertz CT molecular complexity index is 970. The summed E-state index contributed by atoms with van der Waals surface area (Å²) >= 11 is 0. The lowest BCUT2D eigenvalue weighted by Gasteiger charge is -2.36. The maximum Gasteiger partial charge on any atom is 0.420 e. The van der Waals surface area contributed by atoms with E-state index in [-0.39, 0.29) is 12.4 Å². The van der Waals surface area contributed by atoms with Crippen molar-refractivity contribution < 1.29 is 9.52 Å². The number of rotatable bonds is 5. The Morgan fingerprint density at radius 1 is 0.741 bits per heavy atom. The number of aromatic nitrogens is 1. The minimum Gasteiger partial charge on any atom is -0.410 e. The summed E-state index contributed by atoms with van der Waals surface area (Å²) in [5, 5.41) is 9.51. The number of hydrogen-bond acceptors (Lipinski definition) is 3. The van der Waals surface area contributed by atoms with E-state index in [4.69, 9.17) is 4.42 Å². The number of aliphatic hydroxyl groups is 1. The third-order valence-corrected chi connectivity index (χ3v) is 4.78. The van der Waals surface area contributed by atoms with Gasteiger partial charge in [0.2, 0.25) is 0 Å². The van der Waals surface area contributed by atoms with Gasteiger partial charge in [0.15, 0.2) is 5.76 Å². The first kappa shape index (κ1) is 17.1. The number of aliphatic hydroxyl groups excluding tert-OH is 1. The van der Waals surface area contributed by atoms with Gasteiger partial charge in [0.1, 0.15) is 12.1 Å². The Balaban J connectivity index is 2.16. The lowest BCUT2D eigenvalue weighted by atomic mass is 9.77. The molecule has 4 nitrogen and oxygen atoms in total. The van der Waals surface area contributed by atoms with Crippen molar-refractivity contribution in [2.75, 3.05) is 0 Å². The van der Waals surface area contributed by atoms with Crippen molar-refractivity contribution in [3.05, 3.63) is 130 Å². The van der Waals surface area contributed by atoms with Crippen LogP contribution in [-0.2, 0) is 12.1 Å². The van der Waals surface area contributed by atoms with Crippen molar-refractivity contribution in [2.45, 2.75) is 12.1 Å². The second-order valence-electron chi connectivity index (χ2n) is 6.30. The second-order valence-corrected chi connectivity index (χ2v) is 6.30. The van der Waals surface area contributed by atoms with Gasteiger partial charge in [0, 0.05) is 0 Å². The number of nitrogens with zero attached hydrogens (tertiary/aromatic N) is 1. The van der Waals surface area contributed by atoms with E-state index in [0.29, 0.717) is 0 Å². The maximum atomic E-state index is 12.9. The molecule has 4 heteroatoms. The van der Waals surface area contributed by atoms with Crippen LogP contribution in [0.25, 0.3) is 0 Å². The van der Waals surface area contributed by atoms with E-state index in [2.05, 4.69) is 0 Å². The molecule has 0 aliphatic heterocycles. The average molecular weight is 357 g/mol. The van der Waals surface area contributed by atoms with Crippen LogP contribution in [0.5, 0.6) is 0 Å². The highest BCUT2D eigenvalue weighted by Gasteiger charge is 2.40. The van der Waals surface area contributed by atoms with Crippen LogP contribution in [0.15, 0.2) is 106 Å². The third kappa shape index (κ3) is 2.80. The molecule has 0 aliphatic carbocycles. The largest absolute Gasteiger partial charge is 0.420 e. The maximum absolute atomic E-state index is 12.9. The Morgan fingerprint density at radius 3 is 1.48 bits per heavy atom. The molecule has 27 heavy (non-hydrogen) atoms. The van der Waals surface area contributed by atoms with Gasteiger partial charge in [-0.3, -0.25) is 4.57 Å². The Labute approximate surface area is 157 Å². The van der Waals surface area contributed by atoms with Crippen molar-refractivity contribution in [2.24, 2.45) is 0 Å². The lowest BCUT2D eigenvalue weighted by molar-refractivity contribution is 0.243. The molecule has 1 heterocycles. The predicted molar refractivity (Wildman–Crippen MR) is 103 cm³/mol. The standard InChI is InChI=1S/C23H19NO3/c25-17-21-16-24(22(26)27-21)23(18-10-4-1-5-11-18,19-12-6-2-7-13-19)20-14-8-3-9-15-20/h1-16,25H,17H2. The SMILES string of the molecule is O=c1oc(CO)cn1C(c1ccccc1)(c1ccccc1)c1ccccc1. The molecule has 4 rings (SSSR count). The van der Waals surface area contributed by atoms with E-state index in [9.17, 15) is 9.90 Å². The second kappa shape index (κ2) is 7.09. The molecule has 0 aliphatic rings. The molecule has 0 saturated carbocycles. The Morgan fingerprint density at radius 2 is 1.15 bits per heavy atom. The quantitative estimate of drug-likeness (QED) is 0.553. The number of oxazole rings is 1. The topological polar surface area (TPSA) is 55.4 Å². The fourth-order valence-corrected chi connectivity index (χ4v) is 3.65. The molecular formula is C23H19NO3. The van der Waals surface area contributed by atoms with E-state index >= 15 is 0 Å². The zero-order valence-electron chi connectivity index (χ0n) is 14.7. The van der Waals surface area contributed by atoms with E-state index in [1.807, 2.05) is 91.0 Å². The third-order valence-electron chi connectivity index (χ3n) is 4.78. The van der Waals surface area contributed by atoms with Gasteiger partial charge < -0.3 is 9.52 Å². The van der Waals surface area contributed by atoms with Crippen LogP contribution in [0.1, 0.15) is 22.5 Å². The van der Waals surface area contributed by atoms with Crippen LogP contribution in [0, 0.1) is 0 Å². The van der Waals surface area contributed by atoms with Crippen LogP contribution >= 0.6 is 0 Å². The first-order chi connectivity index (χ1) is 13.3. The summed E-state index contributed by atoms with van der Waals surface area (Å²) < 4.78 is 6.86. The van der Waals surface area contributed by atoms with Crippen LogP contribution in [0.2, 0.25) is 0 Å². The minimum absolute atomic E-state index is 0.229. The van der Waals surface area contributed by atoms with Crippen molar-refractivity contribution in [3.8, 4) is 0 Å². The van der Waals surface area contributed by atoms with Crippen LogP contribution in [0.3, 0.4) is 0 Å². The first-order valence-electron chi connectivity index (χ1n) is 8.76. The first-order valence-corrected chi connectivity index (χ1v) is 8.76. The van der Waals surface area contributed by atoms with E-state index in [0.717, 1.165) is 16.7 Å². The average Bonchev–Trinajstić information content (AvgIpc) is 3.12. The summed E-state index contributed by atoms with van der Waals surface area (Å²) in [6, 6.07) is 29.5. The molecule has 0 spiro atoms. The molecule has 4 aromatic rings. The molecule has 1 N–H and O–H groups in total. The van der Waals surface area contributed by atoms with E-state index < -0.39 is 11.3 Å². The highest BCUT2D eigenvalue weighted by Crippen LogP contribution is 2.40. The molecule has 0 saturated heterocycles. The highest BCUT2D eigenvalue weighted by atomic mass is 16.4. The Kier molecular flexibility index (Phi) is 4.48. The Hall–Kier alpha value is -3.37. The molecule has 0 amide bonds. The van der Waals surface area contributed by atoms with Crippen molar-refractivity contribution >= 4 is 0 Å². The monoisotopic (exact) mass is 357 g/mol. The number of benzene rings is 3. The zero-order chi connectivity index (χ0) is 18.7. The lowest BCUT2D eigenvalue weighted by Crippen LogP contribution is -2.42. The number of hydrogen-bond donors (Lipinski definition) is 1. The summed E-state index contributed by atoms with van der Waals surface area (Å²) in [7, 11) is 0. The zero-order valence-corrected chi connectivity index (χ0v) is 14.7. The summed E-state index contributed by atoms with van der Waals surface area (Å²) in [5.74, 6) is -0.289. The molecule has 0 fully saturated rings. The summed E-state index contributed by atoms with van der Waals surface area (Å²) in [5.41, 5.74) is 1.86. The van der Waals surface area contributed by atoms with Crippen molar-refractivity contribution in [3.63, 3.8) is 0 Å². The van der Waals surface area contributed by atoms with Gasteiger partial charge in [-0.15, -0.1) is 0 Å². The molecule has 0 bridgehead atoms. The molecule has 0 unspecified atom stereocenters. The van der Waals surface area contributed by atoms with Crippen LogP contribution < -0.4 is 5.76 Å². The summed E-state index contributed by atoms with van der Waals surface area (Å²) in [6.07, 6.45) is 1.59. The van der Waals surface area contributed by atoms with Gasteiger partial charge >= 0.3 is 5.76 Å². The van der Waals surface area contributed by atoms with Gasteiger partial charge in [-0.1, -0.05) is 91.0 Å². The smallest absolute Gasteiger partial charge is 0.410 e. The summed E-state index contributed by atoms with van der Waals surface area (Å²) in [4.78, 5) is 12.9. The fraction of sp³-hybridized carbons (Fsp3) is 0.0870. The van der Waals surface area contributed by atoms with Crippen LogP contribution in [-0.4, -0.2) is 9.67 Å². The van der Waals surface area contributed by atoms with Gasteiger partial charge in [-0.2, -0.15) is 0 Å². The molecule has 134 valence electrons. The molecule has 0 atom stereocenters. The van der Waals surface area contributed by atoms with E-state index in [1.165, 1.54) is 0 Å².